The van der Waals surface area contributed by atoms with Crippen LogP contribution in [0.2, 0.25) is 0 Å². The third kappa shape index (κ3) is 1.73. The third-order valence-corrected chi connectivity index (χ3v) is 6.13. The molecule has 4 aliphatic carbocycles. The van der Waals surface area contributed by atoms with Gasteiger partial charge in [0.15, 0.2) is 5.78 Å². The summed E-state index contributed by atoms with van der Waals surface area (Å²) in [6.07, 6.45) is 7.72. The number of Topliss-reactive ketones (excluding diaryl/α,β-unsaturated/α-hetero) is 1. The van der Waals surface area contributed by atoms with E-state index in [1.54, 1.807) is 7.11 Å². The van der Waals surface area contributed by atoms with Crippen LogP contribution in [-0.2, 0) is 4.79 Å². The lowest BCUT2D eigenvalue weighted by Gasteiger charge is -2.19. The molecule has 2 bridgehead atoms. The minimum atomic E-state index is -0.0433. The summed E-state index contributed by atoms with van der Waals surface area (Å²) in [5, 5.41) is 10.9. The van der Waals surface area contributed by atoms with E-state index in [0.29, 0.717) is 29.1 Å². The number of ketones is 1. The highest BCUT2D eigenvalue weighted by Crippen LogP contribution is 2.58. The Balaban J connectivity index is 1.66. The predicted molar refractivity (Wildman–Crippen MR) is 87.2 cm³/mol. The number of allylic oxidation sites excluding steroid dienone is 4. The summed E-state index contributed by atoms with van der Waals surface area (Å²) in [6, 6.07) is 5.97. The predicted octanol–water partition coefficient (Wildman–Crippen LogP) is 3.86. The van der Waals surface area contributed by atoms with Crippen molar-refractivity contribution in [2.45, 2.75) is 25.2 Å². The fourth-order valence-electron chi connectivity index (χ4n) is 4.91. The number of fused-ring (bicyclic) bond motifs is 5. The molecule has 3 heteroatoms. The maximum atomic E-state index is 13.1. The molecule has 2 unspecified atom stereocenters. The fraction of sp³-hybridized carbons (Fsp3) is 0.450. The summed E-state index contributed by atoms with van der Waals surface area (Å²) in [7, 11) is 1.64. The van der Waals surface area contributed by atoms with Crippen LogP contribution in [0.15, 0.2) is 36.1 Å². The molecule has 2 saturated carbocycles. The molecule has 0 heterocycles. The van der Waals surface area contributed by atoms with Crippen LogP contribution in [0.1, 0.15) is 36.3 Å². The van der Waals surface area contributed by atoms with E-state index in [1.807, 2.05) is 12.1 Å². The molecule has 3 nitrogen and oxygen atoms in total. The van der Waals surface area contributed by atoms with Crippen molar-refractivity contribution in [1.29, 1.82) is 0 Å². The average molecular weight is 308 g/mol. The van der Waals surface area contributed by atoms with Crippen molar-refractivity contribution in [2.75, 3.05) is 7.11 Å². The van der Waals surface area contributed by atoms with Crippen molar-refractivity contribution < 1.29 is 14.6 Å². The van der Waals surface area contributed by atoms with Crippen LogP contribution >= 0.6 is 0 Å². The highest BCUT2D eigenvalue weighted by Gasteiger charge is 2.56. The Morgan fingerprint density at radius 2 is 1.87 bits per heavy atom. The van der Waals surface area contributed by atoms with Crippen LogP contribution in [-0.4, -0.2) is 18.0 Å². The number of benzene rings is 1. The van der Waals surface area contributed by atoms with Gasteiger partial charge >= 0.3 is 0 Å². The van der Waals surface area contributed by atoms with E-state index >= 15 is 0 Å². The van der Waals surface area contributed by atoms with Crippen LogP contribution in [0.3, 0.4) is 0 Å². The van der Waals surface area contributed by atoms with Gasteiger partial charge in [-0.1, -0.05) is 18.2 Å². The lowest BCUT2D eigenvalue weighted by Crippen LogP contribution is -2.22. The first-order valence-electron chi connectivity index (χ1n) is 8.53. The van der Waals surface area contributed by atoms with Gasteiger partial charge in [0.25, 0.3) is 0 Å². The van der Waals surface area contributed by atoms with E-state index in [-0.39, 0.29) is 17.6 Å². The zero-order valence-electron chi connectivity index (χ0n) is 13.2. The maximum Gasteiger partial charge on any atom is 0.171 e. The van der Waals surface area contributed by atoms with Gasteiger partial charge in [-0.05, 0) is 60.3 Å². The Morgan fingerprint density at radius 3 is 2.52 bits per heavy atom. The molecule has 4 aliphatic rings. The Hall–Kier alpha value is -2.03. The zero-order chi connectivity index (χ0) is 15.7. The SMILES string of the molecule is COc1ccc(C2CC2)c(C2=C(O)C3C(C2=O)[C@H]2C=C[C@@H]3C2)c1. The molecule has 0 aromatic heterocycles. The smallest absolute Gasteiger partial charge is 0.171 e. The molecule has 0 amide bonds. The van der Waals surface area contributed by atoms with E-state index in [2.05, 4.69) is 18.2 Å². The van der Waals surface area contributed by atoms with Gasteiger partial charge in [-0.2, -0.15) is 0 Å². The van der Waals surface area contributed by atoms with Gasteiger partial charge in [-0.25, -0.2) is 0 Å². The summed E-state index contributed by atoms with van der Waals surface area (Å²) in [4.78, 5) is 13.1. The normalized spacial score (nSPS) is 34.4. The number of aliphatic hydroxyl groups excluding tert-OH is 1. The van der Waals surface area contributed by atoms with Crippen molar-refractivity contribution in [3.05, 3.63) is 47.2 Å². The molecule has 1 aromatic rings. The van der Waals surface area contributed by atoms with Crippen molar-refractivity contribution in [3.8, 4) is 5.75 Å². The van der Waals surface area contributed by atoms with Gasteiger partial charge in [-0.15, -0.1) is 0 Å². The van der Waals surface area contributed by atoms with Crippen molar-refractivity contribution in [3.63, 3.8) is 0 Å². The topological polar surface area (TPSA) is 46.5 Å². The van der Waals surface area contributed by atoms with E-state index < -0.39 is 0 Å². The van der Waals surface area contributed by atoms with Crippen LogP contribution < -0.4 is 4.74 Å². The van der Waals surface area contributed by atoms with Gasteiger partial charge in [0.05, 0.1) is 12.7 Å². The molecular weight excluding hydrogens is 288 g/mol. The maximum absolute atomic E-state index is 13.1. The van der Waals surface area contributed by atoms with E-state index in [9.17, 15) is 9.90 Å². The van der Waals surface area contributed by atoms with Crippen LogP contribution in [0.4, 0.5) is 0 Å². The molecule has 4 atom stereocenters. The second-order valence-corrected chi connectivity index (χ2v) is 7.35. The van der Waals surface area contributed by atoms with Crippen molar-refractivity contribution in [1.82, 2.24) is 0 Å². The monoisotopic (exact) mass is 308 g/mol. The number of ether oxygens (including phenoxy) is 1. The molecule has 1 N–H and O–H groups in total. The summed E-state index contributed by atoms with van der Waals surface area (Å²) in [5.41, 5.74) is 2.67. The van der Waals surface area contributed by atoms with E-state index in [0.717, 1.165) is 17.7 Å². The summed E-state index contributed by atoms with van der Waals surface area (Å²) in [5.74, 6) is 2.35. The van der Waals surface area contributed by atoms with E-state index in [1.165, 1.54) is 18.4 Å². The van der Waals surface area contributed by atoms with Crippen LogP contribution in [0.25, 0.3) is 5.57 Å². The number of carbonyl (C=O) groups excluding carboxylic acids is 1. The summed E-state index contributed by atoms with van der Waals surface area (Å²) >= 11 is 0. The Kier molecular flexibility index (Phi) is 2.62. The summed E-state index contributed by atoms with van der Waals surface area (Å²) in [6.45, 7) is 0. The number of hydrogen-bond acceptors (Lipinski definition) is 3. The summed E-state index contributed by atoms with van der Waals surface area (Å²) < 4.78 is 5.36. The standard InChI is InChI=1S/C20H20O3/c1-23-13-6-7-14(10-2-3-10)15(9-13)18-19(21)16-11-4-5-12(8-11)17(16)20(18)22/h4-7,9-12,16-17,21H,2-3,8H2,1H3/t11-,12+,16?,17?/m1/s1. The fourth-order valence-corrected chi connectivity index (χ4v) is 4.91. The minimum absolute atomic E-state index is 0.00533. The lowest BCUT2D eigenvalue weighted by molar-refractivity contribution is -0.118. The number of carbonyl (C=O) groups is 1. The Morgan fingerprint density at radius 1 is 1.13 bits per heavy atom. The van der Waals surface area contributed by atoms with Gasteiger partial charge < -0.3 is 9.84 Å². The number of aliphatic hydroxyl groups is 1. The van der Waals surface area contributed by atoms with Crippen LogP contribution in [0.5, 0.6) is 5.75 Å². The molecule has 0 spiro atoms. The molecule has 1 aromatic carbocycles. The lowest BCUT2D eigenvalue weighted by atomic mass is 9.84. The third-order valence-electron chi connectivity index (χ3n) is 6.13. The minimum Gasteiger partial charge on any atom is -0.511 e. The van der Waals surface area contributed by atoms with Gasteiger partial charge in [0, 0.05) is 11.8 Å². The molecule has 23 heavy (non-hydrogen) atoms. The second kappa shape index (κ2) is 4.50. The highest BCUT2D eigenvalue weighted by molar-refractivity contribution is 6.25. The quantitative estimate of drug-likeness (QED) is 0.862. The largest absolute Gasteiger partial charge is 0.511 e. The van der Waals surface area contributed by atoms with Crippen LogP contribution in [0, 0.1) is 23.7 Å². The molecule has 0 aliphatic heterocycles. The van der Waals surface area contributed by atoms with Crippen molar-refractivity contribution in [2.24, 2.45) is 23.7 Å². The van der Waals surface area contributed by atoms with E-state index in [4.69, 9.17) is 4.74 Å². The number of hydrogen-bond donors (Lipinski definition) is 1. The first-order valence-corrected chi connectivity index (χ1v) is 8.53. The number of methoxy groups -OCH3 is 1. The molecule has 0 saturated heterocycles. The average Bonchev–Trinajstić information content (AvgIpc) is 3.11. The van der Waals surface area contributed by atoms with Crippen molar-refractivity contribution >= 4 is 11.4 Å². The molecule has 0 radical (unpaired) electrons. The number of rotatable bonds is 3. The first kappa shape index (κ1) is 13.4. The molecular formula is C20H20O3. The Bertz CT molecular complexity index is 769. The van der Waals surface area contributed by atoms with Gasteiger partial charge in [0.1, 0.15) is 11.5 Å². The van der Waals surface area contributed by atoms with Gasteiger partial charge in [-0.3, -0.25) is 4.79 Å². The molecule has 5 rings (SSSR count). The Labute approximate surface area is 135 Å². The molecule has 2 fully saturated rings. The molecule has 118 valence electrons. The second-order valence-electron chi connectivity index (χ2n) is 7.35. The highest BCUT2D eigenvalue weighted by atomic mass is 16.5. The zero-order valence-corrected chi connectivity index (χ0v) is 13.2. The van der Waals surface area contributed by atoms with Gasteiger partial charge in [0.2, 0.25) is 0 Å². The first-order chi connectivity index (χ1) is 11.2.